The first kappa shape index (κ1) is 20.3. The maximum absolute atomic E-state index is 2.31. The van der Waals surface area contributed by atoms with Gasteiger partial charge in [-0.3, -0.25) is 0 Å². The highest BCUT2D eigenvalue weighted by molar-refractivity contribution is 7.96. The predicted molar refractivity (Wildman–Crippen MR) is 141 cm³/mol. The van der Waals surface area contributed by atoms with E-state index in [1.165, 1.54) is 32.3 Å². The molecule has 0 saturated heterocycles. The molecule has 0 aromatic heterocycles. The number of hydrogen-bond acceptors (Lipinski definition) is 0. The van der Waals surface area contributed by atoms with Gasteiger partial charge in [0, 0.05) is 0 Å². The molecule has 1 heteroatoms. The second kappa shape index (κ2) is 9.27. The van der Waals surface area contributed by atoms with Crippen LogP contribution in [0.5, 0.6) is 0 Å². The Morgan fingerprint density at radius 2 is 0.562 bits per heavy atom. The van der Waals surface area contributed by atoms with Gasteiger partial charge in [-0.1, -0.05) is 152 Å². The van der Waals surface area contributed by atoms with Crippen molar-refractivity contribution in [3.63, 3.8) is 0 Å². The minimum atomic E-state index is -2.19. The summed E-state index contributed by atoms with van der Waals surface area (Å²) >= 11 is 0. The smallest absolute Gasteiger partial charge is 0.00101 e. The van der Waals surface area contributed by atoms with Crippen LogP contribution in [-0.4, -0.2) is 5.29 Å². The number of benzene rings is 5. The molecule has 0 amide bonds. The van der Waals surface area contributed by atoms with Crippen molar-refractivity contribution >= 4 is 28.1 Å². The van der Waals surface area contributed by atoms with Gasteiger partial charge in [-0.05, 0) is 39.2 Å². The van der Waals surface area contributed by atoms with Gasteiger partial charge in [0.2, 0.25) is 0 Å². The lowest BCUT2D eigenvalue weighted by Crippen LogP contribution is -2.31. The largest absolute Gasteiger partial charge is 0.0622 e. The van der Waals surface area contributed by atoms with Gasteiger partial charge in [-0.2, -0.15) is 0 Å². The Morgan fingerprint density at radius 1 is 0.312 bits per heavy atom. The third kappa shape index (κ3) is 3.64. The van der Waals surface area contributed by atoms with E-state index < -0.39 is 6.89 Å². The molecule has 5 rings (SSSR count). The van der Waals surface area contributed by atoms with E-state index in [1.54, 1.807) is 0 Å². The maximum atomic E-state index is 2.31. The zero-order chi connectivity index (χ0) is 21.6. The maximum Gasteiger partial charge on any atom is -0.00101 e. The molecule has 0 fully saturated rings. The molecule has 0 aliphatic carbocycles. The van der Waals surface area contributed by atoms with Crippen LogP contribution in [0.15, 0.2) is 152 Å². The van der Waals surface area contributed by atoms with Crippen LogP contribution in [0.1, 0.15) is 11.1 Å². The molecule has 0 atom stereocenters. The molecule has 0 bridgehead atoms. The normalized spacial score (nSPS) is 11.1. The molecule has 0 unspecified atom stereocenters. The summed E-state index contributed by atoms with van der Waals surface area (Å²) in [7, 11) is 0. The van der Waals surface area contributed by atoms with Gasteiger partial charge in [-0.25, -0.2) is 0 Å². The quantitative estimate of drug-likeness (QED) is 0.290. The van der Waals surface area contributed by atoms with Crippen molar-refractivity contribution in [2.75, 3.05) is 0 Å². The Morgan fingerprint density at radius 3 is 0.844 bits per heavy atom. The van der Waals surface area contributed by atoms with E-state index in [2.05, 4.69) is 152 Å². The summed E-state index contributed by atoms with van der Waals surface area (Å²) < 4.78 is 0. The van der Waals surface area contributed by atoms with Crippen LogP contribution in [0, 0.1) is 0 Å². The summed E-state index contributed by atoms with van der Waals surface area (Å²) in [6, 6.07) is 55.0. The van der Waals surface area contributed by atoms with E-state index in [0.29, 0.717) is 0 Å². The first-order chi connectivity index (χ1) is 15.9. The highest BCUT2D eigenvalue weighted by Gasteiger charge is 2.31. The molecule has 0 heterocycles. The summed E-state index contributed by atoms with van der Waals surface area (Å²) in [5, 5.41) is 5.47. The number of rotatable bonds is 5. The molecule has 0 aliphatic rings. The van der Waals surface area contributed by atoms with Crippen LogP contribution >= 0.6 is 6.89 Å². The molecule has 0 aliphatic heterocycles. The van der Waals surface area contributed by atoms with Crippen molar-refractivity contribution in [3.05, 3.63) is 163 Å². The van der Waals surface area contributed by atoms with Gasteiger partial charge in [0.05, 0.1) is 0 Å². The third-order valence-corrected chi connectivity index (χ3v) is 10.3. The average Bonchev–Trinajstić information content (AvgIpc) is 2.90. The van der Waals surface area contributed by atoms with E-state index >= 15 is 0 Å². The second-order valence-corrected chi connectivity index (χ2v) is 11.1. The van der Waals surface area contributed by atoms with Gasteiger partial charge in [-0.15, -0.1) is 0 Å². The molecule has 0 N–H and O–H groups in total. The predicted octanol–water partition coefficient (Wildman–Crippen LogP) is 6.25. The first-order valence-corrected chi connectivity index (χ1v) is 12.7. The Balaban J connectivity index is 2.09. The van der Waals surface area contributed by atoms with Crippen LogP contribution in [0.4, 0.5) is 0 Å². The molecule has 0 spiro atoms. The van der Waals surface area contributed by atoms with Gasteiger partial charge < -0.3 is 0 Å². The molecule has 0 radical (unpaired) electrons. The summed E-state index contributed by atoms with van der Waals surface area (Å²) in [4.78, 5) is 0. The van der Waals surface area contributed by atoms with Crippen molar-refractivity contribution in [1.29, 1.82) is 0 Å². The van der Waals surface area contributed by atoms with E-state index in [1.807, 2.05) is 0 Å². The average molecular weight is 429 g/mol. The van der Waals surface area contributed by atoms with E-state index in [9.17, 15) is 0 Å². The molecular weight excluding hydrogens is 403 g/mol. The van der Waals surface area contributed by atoms with Crippen molar-refractivity contribution in [3.8, 4) is 0 Å². The minimum absolute atomic E-state index is 1.27. The molecular formula is C31H25P. The lowest BCUT2D eigenvalue weighted by atomic mass is 10.1. The fraction of sp³-hybridized carbons (Fsp3) is 0. The fourth-order valence-electron chi connectivity index (χ4n) is 4.54. The summed E-state index contributed by atoms with van der Waals surface area (Å²) in [6.45, 7) is -2.19. The molecule has 5 aromatic rings. The van der Waals surface area contributed by atoms with Crippen molar-refractivity contribution in [1.82, 2.24) is 0 Å². The lowest BCUT2D eigenvalue weighted by Gasteiger charge is -2.33. The van der Waals surface area contributed by atoms with Gasteiger partial charge in [0.25, 0.3) is 0 Å². The molecule has 154 valence electrons. The monoisotopic (exact) mass is 428 g/mol. The van der Waals surface area contributed by atoms with Crippen LogP contribution < -0.4 is 15.9 Å². The standard InChI is InChI=1S/C31H25P/c1-6-16-26(17-7-1)31(27-18-8-2-9-19-27)32(28-20-10-3-11-21-28,29-22-12-4-13-23-29)30-24-14-5-15-25-30/h1-25H. The Hall–Kier alpha value is -3.60. The third-order valence-electron chi connectivity index (χ3n) is 5.86. The lowest BCUT2D eigenvalue weighted by molar-refractivity contribution is 1.61. The van der Waals surface area contributed by atoms with Gasteiger partial charge in [0.1, 0.15) is 0 Å². The summed E-state index contributed by atoms with van der Waals surface area (Å²) in [5.74, 6) is 0. The van der Waals surface area contributed by atoms with Crippen molar-refractivity contribution in [2.24, 2.45) is 0 Å². The zero-order valence-corrected chi connectivity index (χ0v) is 18.8. The fourth-order valence-corrected chi connectivity index (χ4v) is 9.14. The Kier molecular flexibility index (Phi) is 5.88. The highest BCUT2D eigenvalue weighted by atomic mass is 31.2. The van der Waals surface area contributed by atoms with Crippen molar-refractivity contribution < 1.29 is 0 Å². The summed E-state index contributed by atoms with van der Waals surface area (Å²) in [6.07, 6.45) is 0. The number of hydrogen-bond donors (Lipinski definition) is 0. The van der Waals surface area contributed by atoms with Crippen LogP contribution in [0.25, 0.3) is 0 Å². The zero-order valence-electron chi connectivity index (χ0n) is 17.9. The van der Waals surface area contributed by atoms with Gasteiger partial charge >= 0.3 is 0 Å². The van der Waals surface area contributed by atoms with Crippen molar-refractivity contribution in [2.45, 2.75) is 0 Å². The Bertz CT molecular complexity index is 1180. The molecule has 32 heavy (non-hydrogen) atoms. The van der Waals surface area contributed by atoms with Gasteiger partial charge in [0.15, 0.2) is 0 Å². The Labute approximate surface area is 190 Å². The topological polar surface area (TPSA) is 0 Å². The van der Waals surface area contributed by atoms with E-state index in [4.69, 9.17) is 0 Å². The molecule has 5 aromatic carbocycles. The first-order valence-electron chi connectivity index (χ1n) is 10.9. The van der Waals surface area contributed by atoms with E-state index in [-0.39, 0.29) is 0 Å². The summed E-state index contributed by atoms with van der Waals surface area (Å²) in [5.41, 5.74) is 2.53. The van der Waals surface area contributed by atoms with E-state index in [0.717, 1.165) is 0 Å². The van der Waals surface area contributed by atoms with Crippen LogP contribution in [0.3, 0.4) is 0 Å². The minimum Gasteiger partial charge on any atom is -0.0622 e. The second-order valence-electron chi connectivity index (χ2n) is 7.76. The molecule has 0 saturated carbocycles. The highest BCUT2D eigenvalue weighted by Crippen LogP contribution is 2.49. The van der Waals surface area contributed by atoms with Crippen LogP contribution in [-0.2, 0) is 0 Å². The van der Waals surface area contributed by atoms with Crippen LogP contribution in [0.2, 0.25) is 0 Å². The molecule has 0 nitrogen and oxygen atoms in total. The SMILES string of the molecule is c1ccc(C(c2ccccc2)=P(c2ccccc2)(c2ccccc2)c2ccccc2)cc1.